The summed E-state index contributed by atoms with van der Waals surface area (Å²) in [6, 6.07) is 0. The van der Waals surface area contributed by atoms with E-state index in [0.717, 1.165) is 12.8 Å². The van der Waals surface area contributed by atoms with Gasteiger partial charge in [0, 0.05) is 12.2 Å². The van der Waals surface area contributed by atoms with E-state index in [9.17, 15) is 44.3 Å². The maximum atomic E-state index is 13.4. The summed E-state index contributed by atoms with van der Waals surface area (Å²) in [5.41, 5.74) is 5.05. The van der Waals surface area contributed by atoms with Crippen LogP contribution < -0.4 is 5.73 Å². The topological polar surface area (TPSA) is 43.1 Å². The molecule has 2 N–H and O–H groups in total. The summed E-state index contributed by atoms with van der Waals surface area (Å²) in [6.45, 7) is 1.92. The molecule has 156 valence electrons. The lowest BCUT2D eigenvalue weighted by Crippen LogP contribution is -2.61. The summed E-state index contributed by atoms with van der Waals surface area (Å²) in [6.07, 6.45) is -5.69. The Labute approximate surface area is 149 Å². The Bertz CT molecular complexity index is 454. The molecule has 2 nitrogen and oxygen atoms in total. The summed E-state index contributed by atoms with van der Waals surface area (Å²) >= 11 is 0.435. The first kappa shape index (κ1) is 25.2. The summed E-state index contributed by atoms with van der Waals surface area (Å²) in [4.78, 5) is 11.2. The number of rotatable bonds is 12. The van der Waals surface area contributed by atoms with Gasteiger partial charge in [-0.3, -0.25) is 4.79 Å². The molecule has 0 aromatic heterocycles. The van der Waals surface area contributed by atoms with Crippen molar-refractivity contribution in [3.63, 3.8) is 0 Å². The summed E-state index contributed by atoms with van der Waals surface area (Å²) in [5, 5.41) is -1.01. The van der Waals surface area contributed by atoms with Crippen LogP contribution in [-0.2, 0) is 4.79 Å². The number of hydrogen-bond acceptors (Lipinski definition) is 2. The number of alkyl halides is 9. The predicted molar refractivity (Wildman–Crippen MR) is 79.7 cm³/mol. The first-order valence-corrected chi connectivity index (χ1v) is 8.77. The van der Waals surface area contributed by atoms with Gasteiger partial charge in [0.2, 0.25) is 5.91 Å². The molecule has 0 saturated carbocycles. The standard InChI is InChI=1S/C14H20F9NOS/c1-2-3-4-5-6-9(10(24)25)26-8-7-11(15,16)12(17,18)13(19,20)14(21,22)23/h9H,2-8H2,1H3,(H2,24,25). The zero-order valence-electron chi connectivity index (χ0n) is 13.8. The monoisotopic (exact) mass is 421 g/mol. The number of unbranched alkanes of at least 4 members (excludes halogenated alkanes) is 3. The highest BCUT2D eigenvalue weighted by molar-refractivity contribution is 8.00. The Kier molecular flexibility index (Phi) is 9.11. The maximum Gasteiger partial charge on any atom is 0.460 e. The summed E-state index contributed by atoms with van der Waals surface area (Å²) in [5.74, 6) is -21.0. The van der Waals surface area contributed by atoms with Crippen molar-refractivity contribution in [2.24, 2.45) is 5.73 Å². The van der Waals surface area contributed by atoms with Crippen molar-refractivity contribution in [1.82, 2.24) is 0 Å². The Morgan fingerprint density at radius 2 is 1.46 bits per heavy atom. The molecule has 0 aromatic rings. The number of halogens is 9. The van der Waals surface area contributed by atoms with E-state index in [0.29, 0.717) is 24.6 Å². The van der Waals surface area contributed by atoms with Crippen LogP contribution in [0.25, 0.3) is 0 Å². The van der Waals surface area contributed by atoms with Gasteiger partial charge in [0.25, 0.3) is 0 Å². The lowest BCUT2D eigenvalue weighted by Gasteiger charge is -2.33. The molecule has 0 radical (unpaired) electrons. The Morgan fingerprint density at radius 3 is 1.88 bits per heavy atom. The van der Waals surface area contributed by atoms with E-state index >= 15 is 0 Å². The maximum absolute atomic E-state index is 13.4. The van der Waals surface area contributed by atoms with Gasteiger partial charge in [-0.05, 0) is 6.42 Å². The molecular weight excluding hydrogens is 401 g/mol. The second-order valence-corrected chi connectivity index (χ2v) is 7.02. The second-order valence-electron chi connectivity index (χ2n) is 5.71. The van der Waals surface area contributed by atoms with Crippen molar-refractivity contribution in [1.29, 1.82) is 0 Å². The van der Waals surface area contributed by atoms with E-state index in [1.807, 2.05) is 6.92 Å². The van der Waals surface area contributed by atoms with Crippen molar-refractivity contribution < 1.29 is 44.3 Å². The molecular formula is C14H20F9NOS. The summed E-state index contributed by atoms with van der Waals surface area (Å²) in [7, 11) is 0. The van der Waals surface area contributed by atoms with Gasteiger partial charge in [0.1, 0.15) is 0 Å². The van der Waals surface area contributed by atoms with Crippen LogP contribution in [0.4, 0.5) is 39.5 Å². The molecule has 0 aromatic carbocycles. The Hall–Kier alpha value is -0.810. The van der Waals surface area contributed by atoms with Crippen LogP contribution in [0.2, 0.25) is 0 Å². The molecule has 1 atom stereocenters. The van der Waals surface area contributed by atoms with Crippen LogP contribution in [-0.4, -0.2) is 40.9 Å². The van der Waals surface area contributed by atoms with Crippen LogP contribution in [0, 0.1) is 0 Å². The molecule has 0 aliphatic carbocycles. The molecule has 0 rings (SSSR count). The Balaban J connectivity index is 4.86. The highest BCUT2D eigenvalue weighted by Gasteiger charge is 2.81. The van der Waals surface area contributed by atoms with Crippen LogP contribution in [0.3, 0.4) is 0 Å². The minimum atomic E-state index is -6.89. The van der Waals surface area contributed by atoms with Crippen molar-refractivity contribution in [3.8, 4) is 0 Å². The first-order chi connectivity index (χ1) is 11.6. The average molecular weight is 421 g/mol. The van der Waals surface area contributed by atoms with E-state index in [1.54, 1.807) is 0 Å². The fourth-order valence-corrected chi connectivity index (χ4v) is 3.11. The quantitative estimate of drug-likeness (QED) is 0.339. The van der Waals surface area contributed by atoms with E-state index in [2.05, 4.69) is 0 Å². The fraction of sp³-hybridized carbons (Fsp3) is 0.929. The number of nitrogens with two attached hydrogens (primary N) is 1. The van der Waals surface area contributed by atoms with Crippen molar-refractivity contribution in [3.05, 3.63) is 0 Å². The molecule has 0 fully saturated rings. The van der Waals surface area contributed by atoms with Gasteiger partial charge in [-0.15, -0.1) is 11.8 Å². The third kappa shape index (κ3) is 6.12. The lowest BCUT2D eigenvalue weighted by molar-refractivity contribution is -0.396. The van der Waals surface area contributed by atoms with Gasteiger partial charge in [-0.25, -0.2) is 0 Å². The SMILES string of the molecule is CCCCCCC(SCCC(F)(F)C(F)(F)C(F)(F)C(F)(F)F)C(N)=O. The van der Waals surface area contributed by atoms with E-state index in [4.69, 9.17) is 5.73 Å². The van der Waals surface area contributed by atoms with Crippen LogP contribution in [0.5, 0.6) is 0 Å². The van der Waals surface area contributed by atoms with Crippen molar-refractivity contribution >= 4 is 17.7 Å². The van der Waals surface area contributed by atoms with Gasteiger partial charge < -0.3 is 5.73 Å². The number of carbonyl (C=O) groups excluding carboxylic acids is 1. The molecule has 26 heavy (non-hydrogen) atoms. The van der Waals surface area contributed by atoms with Crippen molar-refractivity contribution in [2.75, 3.05) is 5.75 Å². The molecule has 1 unspecified atom stereocenters. The first-order valence-electron chi connectivity index (χ1n) is 7.73. The number of hydrogen-bond donors (Lipinski definition) is 1. The van der Waals surface area contributed by atoms with Crippen molar-refractivity contribution in [2.45, 2.75) is 74.6 Å². The van der Waals surface area contributed by atoms with Gasteiger partial charge in [-0.2, -0.15) is 39.5 Å². The molecule has 0 heterocycles. The molecule has 0 bridgehead atoms. The summed E-state index contributed by atoms with van der Waals surface area (Å²) < 4.78 is 114. The molecule has 1 amide bonds. The van der Waals surface area contributed by atoms with Gasteiger partial charge in [0.15, 0.2) is 0 Å². The molecule has 0 saturated heterocycles. The average Bonchev–Trinajstić information content (AvgIpc) is 2.47. The smallest absolute Gasteiger partial charge is 0.369 e. The molecule has 0 aliphatic heterocycles. The second kappa shape index (κ2) is 9.41. The predicted octanol–water partition coefficient (Wildman–Crippen LogP) is 5.40. The number of carbonyl (C=O) groups is 1. The van der Waals surface area contributed by atoms with Gasteiger partial charge in [-0.1, -0.05) is 32.6 Å². The number of amides is 1. The highest BCUT2D eigenvalue weighted by Crippen LogP contribution is 2.54. The molecule has 0 aliphatic rings. The zero-order valence-corrected chi connectivity index (χ0v) is 14.6. The normalized spacial score (nSPS) is 15.2. The van der Waals surface area contributed by atoms with E-state index in [-0.39, 0.29) is 6.42 Å². The number of thioether (sulfide) groups is 1. The minimum Gasteiger partial charge on any atom is -0.369 e. The molecule has 12 heteroatoms. The van der Waals surface area contributed by atoms with Gasteiger partial charge >= 0.3 is 23.9 Å². The van der Waals surface area contributed by atoms with Crippen LogP contribution in [0.15, 0.2) is 0 Å². The third-order valence-corrected chi connectivity index (χ3v) is 4.89. The zero-order chi connectivity index (χ0) is 20.8. The van der Waals surface area contributed by atoms with Crippen LogP contribution in [0.1, 0.15) is 45.4 Å². The largest absolute Gasteiger partial charge is 0.460 e. The fourth-order valence-electron chi connectivity index (χ4n) is 1.96. The van der Waals surface area contributed by atoms with Gasteiger partial charge in [0.05, 0.1) is 5.25 Å². The Morgan fingerprint density at radius 1 is 0.923 bits per heavy atom. The van der Waals surface area contributed by atoms with E-state index < -0.39 is 47.3 Å². The van der Waals surface area contributed by atoms with E-state index in [1.165, 1.54) is 0 Å². The van der Waals surface area contributed by atoms with Crippen LogP contribution >= 0.6 is 11.8 Å². The minimum absolute atomic E-state index is 0.167. The molecule has 0 spiro atoms. The third-order valence-electron chi connectivity index (χ3n) is 3.58. The number of primary amides is 1. The lowest BCUT2D eigenvalue weighted by atomic mass is 10.0. The highest BCUT2D eigenvalue weighted by atomic mass is 32.2.